The number of aromatic nitrogens is 1. The SMILES string of the molecule is CCOC(=O)C1(c2c(Cl)cncc2Cl)C=Cc2ccccc2C1(OC)c1ccc(OC(F)F)c(OCC2CC2)c1. The summed E-state index contributed by atoms with van der Waals surface area (Å²) in [5, 5.41) is 0.239. The molecule has 40 heavy (non-hydrogen) atoms. The van der Waals surface area contributed by atoms with E-state index < -0.39 is 23.6 Å². The Morgan fingerprint density at radius 1 is 1.10 bits per heavy atom. The maximum absolute atomic E-state index is 14.3. The van der Waals surface area contributed by atoms with Crippen molar-refractivity contribution in [1.82, 2.24) is 4.98 Å². The van der Waals surface area contributed by atoms with E-state index in [0.717, 1.165) is 18.4 Å². The van der Waals surface area contributed by atoms with Crippen molar-refractivity contribution in [1.29, 1.82) is 0 Å². The van der Waals surface area contributed by atoms with E-state index in [-0.39, 0.29) is 33.7 Å². The zero-order valence-corrected chi connectivity index (χ0v) is 23.3. The van der Waals surface area contributed by atoms with Crippen LogP contribution in [0.2, 0.25) is 10.0 Å². The number of carbonyl (C=O) groups is 1. The van der Waals surface area contributed by atoms with Crippen LogP contribution in [0.1, 0.15) is 42.0 Å². The Bertz CT molecular complexity index is 1430. The molecule has 1 aromatic heterocycles. The summed E-state index contributed by atoms with van der Waals surface area (Å²) < 4.78 is 49.5. The van der Waals surface area contributed by atoms with Crippen LogP contribution in [-0.2, 0) is 25.3 Å². The highest BCUT2D eigenvalue weighted by Crippen LogP contribution is 2.58. The van der Waals surface area contributed by atoms with Gasteiger partial charge in [-0.2, -0.15) is 8.78 Å². The summed E-state index contributed by atoms with van der Waals surface area (Å²) in [6.07, 6.45) is 8.23. The zero-order valence-electron chi connectivity index (χ0n) is 21.8. The number of esters is 1. The van der Waals surface area contributed by atoms with Crippen molar-refractivity contribution in [3.8, 4) is 11.5 Å². The molecule has 6 nitrogen and oxygen atoms in total. The molecule has 0 aliphatic heterocycles. The van der Waals surface area contributed by atoms with Crippen LogP contribution >= 0.6 is 23.2 Å². The number of methoxy groups -OCH3 is 1. The summed E-state index contributed by atoms with van der Waals surface area (Å²) >= 11 is 13.5. The Kier molecular flexibility index (Phi) is 8.04. The van der Waals surface area contributed by atoms with Crippen molar-refractivity contribution in [2.24, 2.45) is 5.92 Å². The van der Waals surface area contributed by atoms with Gasteiger partial charge in [0.1, 0.15) is 5.60 Å². The number of hydrogen-bond acceptors (Lipinski definition) is 6. The molecule has 2 aliphatic rings. The number of alkyl halides is 2. The van der Waals surface area contributed by atoms with Gasteiger partial charge in [0.05, 0.1) is 23.3 Å². The summed E-state index contributed by atoms with van der Waals surface area (Å²) in [7, 11) is 1.46. The van der Waals surface area contributed by atoms with Gasteiger partial charge in [0.15, 0.2) is 16.9 Å². The zero-order chi connectivity index (χ0) is 28.5. The molecule has 0 saturated heterocycles. The van der Waals surface area contributed by atoms with Gasteiger partial charge in [-0.15, -0.1) is 0 Å². The van der Waals surface area contributed by atoms with Gasteiger partial charge in [-0.3, -0.25) is 9.78 Å². The third kappa shape index (κ3) is 4.72. The molecule has 210 valence electrons. The van der Waals surface area contributed by atoms with Gasteiger partial charge >= 0.3 is 12.6 Å². The molecular weight excluding hydrogens is 563 g/mol. The lowest BCUT2D eigenvalue weighted by molar-refractivity contribution is -0.159. The van der Waals surface area contributed by atoms with Gasteiger partial charge in [0, 0.05) is 25.1 Å². The topological polar surface area (TPSA) is 66.9 Å². The first-order chi connectivity index (χ1) is 19.3. The van der Waals surface area contributed by atoms with E-state index >= 15 is 0 Å². The molecular formula is C30H27Cl2F2NO5. The van der Waals surface area contributed by atoms with Crippen molar-refractivity contribution in [3.05, 3.63) is 93.2 Å². The normalized spacial score (nSPS) is 21.7. The lowest BCUT2D eigenvalue weighted by Crippen LogP contribution is -2.57. The Morgan fingerprint density at radius 2 is 1.82 bits per heavy atom. The van der Waals surface area contributed by atoms with E-state index in [4.69, 9.17) is 42.1 Å². The minimum atomic E-state index is -3.06. The van der Waals surface area contributed by atoms with Crippen LogP contribution in [0.15, 0.2) is 60.9 Å². The number of carbonyl (C=O) groups excluding carboxylic acids is 1. The first-order valence-electron chi connectivity index (χ1n) is 12.8. The van der Waals surface area contributed by atoms with Crippen LogP contribution < -0.4 is 9.47 Å². The number of rotatable bonds is 10. The minimum Gasteiger partial charge on any atom is -0.489 e. The molecule has 2 unspecified atom stereocenters. The molecule has 2 aliphatic carbocycles. The molecule has 1 fully saturated rings. The van der Waals surface area contributed by atoms with E-state index in [1.54, 1.807) is 31.2 Å². The van der Waals surface area contributed by atoms with Gasteiger partial charge in [0.2, 0.25) is 0 Å². The largest absolute Gasteiger partial charge is 0.489 e. The first kappa shape index (κ1) is 28.3. The van der Waals surface area contributed by atoms with Gasteiger partial charge < -0.3 is 18.9 Å². The van der Waals surface area contributed by atoms with Gasteiger partial charge in [-0.1, -0.05) is 65.7 Å². The number of halogens is 4. The number of pyridine rings is 1. The highest BCUT2D eigenvalue weighted by Gasteiger charge is 2.63. The maximum atomic E-state index is 14.3. The first-order valence-corrected chi connectivity index (χ1v) is 13.6. The van der Waals surface area contributed by atoms with Crippen molar-refractivity contribution < 1.29 is 32.5 Å². The fourth-order valence-corrected chi connectivity index (χ4v) is 6.07. The van der Waals surface area contributed by atoms with Crippen LogP contribution in [0.4, 0.5) is 8.78 Å². The van der Waals surface area contributed by atoms with E-state index in [9.17, 15) is 13.6 Å². The number of nitrogens with zero attached hydrogens (tertiary/aromatic N) is 1. The highest BCUT2D eigenvalue weighted by molar-refractivity contribution is 6.36. The van der Waals surface area contributed by atoms with Crippen LogP contribution in [0.3, 0.4) is 0 Å². The fourth-order valence-electron chi connectivity index (χ4n) is 5.41. The van der Waals surface area contributed by atoms with Crippen LogP contribution in [-0.4, -0.2) is 37.9 Å². The molecule has 1 saturated carbocycles. The predicted octanol–water partition coefficient (Wildman–Crippen LogP) is 7.20. The monoisotopic (exact) mass is 589 g/mol. The third-order valence-corrected chi connectivity index (χ3v) is 7.87. The third-order valence-electron chi connectivity index (χ3n) is 7.30. The standard InChI is InChI=1S/C30H27Cl2F2NO5/c1-3-38-27(36)29(26-22(31)15-35-16-23(26)32)13-12-19-6-4-5-7-21(19)30(29,37-2)20-10-11-24(40-28(33)34)25(14-20)39-17-18-8-9-18/h4-7,10-16,18,28H,3,8-9,17H2,1-2H3. The van der Waals surface area contributed by atoms with Crippen molar-refractivity contribution in [2.75, 3.05) is 20.3 Å². The predicted molar refractivity (Wildman–Crippen MR) is 147 cm³/mol. The van der Waals surface area contributed by atoms with E-state index in [1.165, 1.54) is 25.6 Å². The Balaban J connectivity index is 1.85. The van der Waals surface area contributed by atoms with E-state index in [0.29, 0.717) is 23.7 Å². The van der Waals surface area contributed by atoms with E-state index in [1.807, 2.05) is 24.3 Å². The molecule has 10 heteroatoms. The molecule has 3 aromatic rings. The average molecular weight is 590 g/mol. The number of fused-ring (bicyclic) bond motifs is 1. The second-order valence-corrected chi connectivity index (χ2v) is 10.4. The molecule has 0 amide bonds. The highest BCUT2D eigenvalue weighted by atomic mass is 35.5. The second kappa shape index (κ2) is 11.4. The molecule has 1 heterocycles. The summed E-state index contributed by atoms with van der Waals surface area (Å²) in [4.78, 5) is 18.3. The van der Waals surface area contributed by atoms with Crippen LogP contribution in [0, 0.1) is 5.92 Å². The lowest BCUT2D eigenvalue weighted by atomic mass is 9.58. The molecule has 0 radical (unpaired) electrons. The fraction of sp³-hybridized carbons (Fsp3) is 0.333. The van der Waals surface area contributed by atoms with Crippen molar-refractivity contribution in [3.63, 3.8) is 0 Å². The summed E-state index contributed by atoms with van der Waals surface area (Å²) in [5.41, 5.74) is -1.39. The molecule has 2 aromatic carbocycles. The van der Waals surface area contributed by atoms with Gasteiger partial charge in [-0.05, 0) is 54.5 Å². The molecule has 0 bridgehead atoms. The van der Waals surface area contributed by atoms with Crippen LogP contribution in [0.5, 0.6) is 11.5 Å². The van der Waals surface area contributed by atoms with Gasteiger partial charge in [0.25, 0.3) is 0 Å². The Labute approximate surface area is 240 Å². The number of benzene rings is 2. The smallest absolute Gasteiger partial charge is 0.387 e. The molecule has 0 spiro atoms. The number of ether oxygens (including phenoxy) is 4. The number of hydrogen-bond donors (Lipinski definition) is 0. The Hall–Kier alpha value is -3.20. The minimum absolute atomic E-state index is 0.0626. The Morgan fingerprint density at radius 3 is 2.48 bits per heavy atom. The van der Waals surface area contributed by atoms with Crippen molar-refractivity contribution >= 4 is 35.2 Å². The quantitative estimate of drug-likeness (QED) is 0.233. The summed E-state index contributed by atoms with van der Waals surface area (Å²) in [6.45, 7) is -0.967. The lowest BCUT2D eigenvalue weighted by Gasteiger charge is -2.50. The van der Waals surface area contributed by atoms with E-state index in [2.05, 4.69) is 4.98 Å². The summed E-state index contributed by atoms with van der Waals surface area (Å²) in [6, 6.07) is 11.9. The molecule has 2 atom stereocenters. The maximum Gasteiger partial charge on any atom is 0.387 e. The van der Waals surface area contributed by atoms with Gasteiger partial charge in [-0.25, -0.2) is 0 Å². The van der Waals surface area contributed by atoms with Crippen LogP contribution in [0.25, 0.3) is 6.08 Å². The van der Waals surface area contributed by atoms with Crippen molar-refractivity contribution in [2.45, 2.75) is 37.4 Å². The second-order valence-electron chi connectivity index (χ2n) is 9.61. The summed E-state index contributed by atoms with van der Waals surface area (Å²) in [5.74, 6) is -0.373. The molecule has 5 rings (SSSR count). The molecule has 0 N–H and O–H groups in total. The average Bonchev–Trinajstić information content (AvgIpc) is 3.77.